The van der Waals surface area contributed by atoms with Gasteiger partial charge >= 0.3 is 5.97 Å². The van der Waals surface area contributed by atoms with Gasteiger partial charge in [0.2, 0.25) is 0 Å². The zero-order chi connectivity index (χ0) is 21.4. The SMILES string of the molecule is CCCCC/C=C\C/C=C\CCCCCCC(C(=O)O)c1cccc2ccccc12. The van der Waals surface area contributed by atoms with Crippen LogP contribution in [0.25, 0.3) is 10.8 Å². The Morgan fingerprint density at radius 2 is 1.50 bits per heavy atom. The van der Waals surface area contributed by atoms with Crippen molar-refractivity contribution in [3.63, 3.8) is 0 Å². The fourth-order valence-electron chi connectivity index (χ4n) is 3.95. The van der Waals surface area contributed by atoms with Gasteiger partial charge in [-0.3, -0.25) is 4.79 Å². The molecule has 0 aliphatic heterocycles. The third-order valence-electron chi connectivity index (χ3n) is 5.69. The lowest BCUT2D eigenvalue weighted by Crippen LogP contribution is -2.12. The number of allylic oxidation sites excluding steroid dienone is 4. The number of carboxylic acids is 1. The number of carboxylic acid groups (broad SMARTS) is 1. The van der Waals surface area contributed by atoms with Crippen LogP contribution < -0.4 is 0 Å². The standard InChI is InChI=1S/C28H38O2/c1-2-3-4-5-6-7-8-9-10-11-12-13-14-15-22-27(28(29)30)26-23-18-20-24-19-16-17-21-25(24)26/h6-7,9-10,16-21,23,27H,2-5,8,11-15,22H2,1H3,(H,29,30)/b7-6-,10-9-. The topological polar surface area (TPSA) is 37.3 Å². The highest BCUT2D eigenvalue weighted by Gasteiger charge is 2.21. The summed E-state index contributed by atoms with van der Waals surface area (Å²) in [5.41, 5.74) is 0.950. The molecule has 0 radical (unpaired) electrons. The van der Waals surface area contributed by atoms with Crippen molar-refractivity contribution in [1.82, 2.24) is 0 Å². The largest absolute Gasteiger partial charge is 0.481 e. The first kappa shape index (κ1) is 23.9. The van der Waals surface area contributed by atoms with E-state index in [1.54, 1.807) is 0 Å². The Hall–Kier alpha value is -2.35. The van der Waals surface area contributed by atoms with Crippen molar-refractivity contribution < 1.29 is 9.90 Å². The molecular weight excluding hydrogens is 368 g/mol. The molecule has 2 rings (SSSR count). The molecule has 0 saturated heterocycles. The molecule has 0 bridgehead atoms. The van der Waals surface area contributed by atoms with Gasteiger partial charge < -0.3 is 5.11 Å². The quantitative estimate of drug-likeness (QED) is 0.238. The van der Waals surface area contributed by atoms with Crippen LogP contribution in [-0.4, -0.2) is 11.1 Å². The molecule has 0 fully saturated rings. The minimum absolute atomic E-state index is 0.417. The lowest BCUT2D eigenvalue weighted by Gasteiger charge is -2.15. The molecule has 0 amide bonds. The average Bonchev–Trinajstić information content (AvgIpc) is 2.76. The van der Waals surface area contributed by atoms with Gasteiger partial charge in [0, 0.05) is 0 Å². The van der Waals surface area contributed by atoms with Crippen LogP contribution in [0.5, 0.6) is 0 Å². The molecule has 0 aromatic heterocycles. The summed E-state index contributed by atoms with van der Waals surface area (Å²) >= 11 is 0. The van der Waals surface area contributed by atoms with E-state index in [1.807, 2.05) is 42.5 Å². The molecule has 2 nitrogen and oxygen atoms in total. The van der Waals surface area contributed by atoms with Gasteiger partial charge in [-0.1, -0.05) is 106 Å². The molecule has 162 valence electrons. The Morgan fingerprint density at radius 3 is 2.23 bits per heavy atom. The fourth-order valence-corrected chi connectivity index (χ4v) is 3.95. The first-order valence-electron chi connectivity index (χ1n) is 11.7. The maximum atomic E-state index is 11.9. The van der Waals surface area contributed by atoms with E-state index in [9.17, 15) is 9.90 Å². The van der Waals surface area contributed by atoms with E-state index in [1.165, 1.54) is 38.5 Å². The molecular formula is C28H38O2. The Bertz CT molecular complexity index is 798. The summed E-state index contributed by atoms with van der Waals surface area (Å²) in [7, 11) is 0. The highest BCUT2D eigenvalue weighted by molar-refractivity contribution is 5.90. The van der Waals surface area contributed by atoms with Gasteiger partial charge in [0.15, 0.2) is 0 Å². The number of carbonyl (C=O) groups is 1. The fraction of sp³-hybridized carbons (Fsp3) is 0.464. The number of unbranched alkanes of at least 4 members (excludes halogenated alkanes) is 7. The monoisotopic (exact) mass is 406 g/mol. The molecule has 1 N–H and O–H groups in total. The van der Waals surface area contributed by atoms with E-state index < -0.39 is 11.9 Å². The summed E-state index contributed by atoms with van der Waals surface area (Å²) in [6.07, 6.45) is 21.5. The Balaban J connectivity index is 1.65. The lowest BCUT2D eigenvalue weighted by molar-refractivity contribution is -0.139. The summed E-state index contributed by atoms with van der Waals surface area (Å²) in [4.78, 5) is 11.9. The van der Waals surface area contributed by atoms with Crippen molar-refractivity contribution in [1.29, 1.82) is 0 Å². The van der Waals surface area contributed by atoms with Crippen LogP contribution >= 0.6 is 0 Å². The van der Waals surface area contributed by atoms with Gasteiger partial charge in [0.25, 0.3) is 0 Å². The zero-order valence-corrected chi connectivity index (χ0v) is 18.6. The van der Waals surface area contributed by atoms with E-state index >= 15 is 0 Å². The minimum atomic E-state index is -0.711. The molecule has 2 aromatic rings. The maximum Gasteiger partial charge on any atom is 0.310 e. The molecule has 1 atom stereocenters. The van der Waals surface area contributed by atoms with Gasteiger partial charge in [0.1, 0.15) is 0 Å². The first-order valence-corrected chi connectivity index (χ1v) is 11.7. The summed E-state index contributed by atoms with van der Waals surface area (Å²) in [5, 5.41) is 12.0. The number of hydrogen-bond donors (Lipinski definition) is 1. The van der Waals surface area contributed by atoms with Gasteiger partial charge in [0.05, 0.1) is 5.92 Å². The normalized spacial score (nSPS) is 12.8. The van der Waals surface area contributed by atoms with E-state index in [-0.39, 0.29) is 0 Å². The molecule has 30 heavy (non-hydrogen) atoms. The van der Waals surface area contributed by atoms with Crippen LogP contribution in [0.15, 0.2) is 66.8 Å². The van der Waals surface area contributed by atoms with Crippen LogP contribution in [0.4, 0.5) is 0 Å². The van der Waals surface area contributed by atoms with Crippen LogP contribution in [0.2, 0.25) is 0 Å². The predicted molar refractivity (Wildman–Crippen MR) is 129 cm³/mol. The summed E-state index contributed by atoms with van der Waals surface area (Å²) in [6, 6.07) is 14.1. The van der Waals surface area contributed by atoms with Gasteiger partial charge in [-0.2, -0.15) is 0 Å². The molecule has 0 aliphatic carbocycles. The van der Waals surface area contributed by atoms with E-state index in [4.69, 9.17) is 0 Å². The Morgan fingerprint density at radius 1 is 0.833 bits per heavy atom. The number of aliphatic carboxylic acids is 1. The second-order valence-corrected chi connectivity index (χ2v) is 8.13. The van der Waals surface area contributed by atoms with Gasteiger partial charge in [-0.05, 0) is 54.9 Å². The highest BCUT2D eigenvalue weighted by Crippen LogP contribution is 2.30. The lowest BCUT2D eigenvalue weighted by atomic mass is 9.89. The van der Waals surface area contributed by atoms with Gasteiger partial charge in [-0.15, -0.1) is 0 Å². The molecule has 0 aliphatic rings. The first-order chi connectivity index (χ1) is 14.7. The molecule has 2 heteroatoms. The summed E-state index contributed by atoms with van der Waals surface area (Å²) in [5.74, 6) is -1.13. The molecule has 0 saturated carbocycles. The molecule has 0 spiro atoms. The third kappa shape index (κ3) is 8.57. The Labute approximate surface area is 182 Å². The third-order valence-corrected chi connectivity index (χ3v) is 5.69. The van der Waals surface area contributed by atoms with E-state index in [0.717, 1.165) is 42.0 Å². The van der Waals surface area contributed by atoms with Crippen molar-refractivity contribution in [3.8, 4) is 0 Å². The van der Waals surface area contributed by atoms with Crippen LogP contribution in [-0.2, 0) is 4.79 Å². The number of rotatable bonds is 15. The van der Waals surface area contributed by atoms with E-state index in [2.05, 4.69) is 31.2 Å². The Kier molecular flexibility index (Phi) is 11.6. The maximum absolute atomic E-state index is 11.9. The molecule has 0 heterocycles. The predicted octanol–water partition coefficient (Wildman–Crippen LogP) is 8.43. The average molecular weight is 407 g/mol. The molecule has 1 unspecified atom stereocenters. The second kappa shape index (κ2) is 14.6. The number of hydrogen-bond acceptors (Lipinski definition) is 1. The van der Waals surface area contributed by atoms with Crippen molar-refractivity contribution in [2.45, 2.75) is 83.5 Å². The molecule has 2 aromatic carbocycles. The van der Waals surface area contributed by atoms with Gasteiger partial charge in [-0.25, -0.2) is 0 Å². The van der Waals surface area contributed by atoms with Crippen molar-refractivity contribution in [2.75, 3.05) is 0 Å². The van der Waals surface area contributed by atoms with Crippen LogP contribution in [0.3, 0.4) is 0 Å². The number of benzene rings is 2. The number of fused-ring (bicyclic) bond motifs is 1. The zero-order valence-electron chi connectivity index (χ0n) is 18.6. The van der Waals surface area contributed by atoms with Crippen molar-refractivity contribution >= 4 is 16.7 Å². The second-order valence-electron chi connectivity index (χ2n) is 8.13. The van der Waals surface area contributed by atoms with Crippen LogP contribution in [0.1, 0.15) is 89.0 Å². The minimum Gasteiger partial charge on any atom is -0.481 e. The van der Waals surface area contributed by atoms with Crippen molar-refractivity contribution in [2.24, 2.45) is 0 Å². The van der Waals surface area contributed by atoms with Crippen molar-refractivity contribution in [3.05, 3.63) is 72.3 Å². The van der Waals surface area contributed by atoms with E-state index in [0.29, 0.717) is 6.42 Å². The summed E-state index contributed by atoms with van der Waals surface area (Å²) in [6.45, 7) is 2.24. The smallest absolute Gasteiger partial charge is 0.310 e. The van der Waals surface area contributed by atoms with Crippen LogP contribution in [0, 0.1) is 0 Å². The highest BCUT2D eigenvalue weighted by atomic mass is 16.4. The summed E-state index contributed by atoms with van der Waals surface area (Å²) < 4.78 is 0.